The second kappa shape index (κ2) is 9.03. The minimum Gasteiger partial charge on any atom is -0.399 e. The fourth-order valence-corrected chi connectivity index (χ4v) is 2.02. The molecule has 0 atom stereocenters. The van der Waals surface area contributed by atoms with Crippen LogP contribution in [0.2, 0.25) is 0 Å². The Kier molecular flexibility index (Phi) is 7.33. The molecule has 4 heteroatoms. The molecule has 2 aromatic rings. The maximum atomic E-state index is 11.7. The normalized spacial score (nSPS) is 9.71. The van der Waals surface area contributed by atoms with E-state index in [1.165, 1.54) is 5.56 Å². The zero-order valence-electron chi connectivity index (χ0n) is 11.9. The van der Waals surface area contributed by atoms with Gasteiger partial charge < -0.3 is 11.1 Å². The van der Waals surface area contributed by atoms with E-state index in [1.807, 2.05) is 54.6 Å². The third kappa shape index (κ3) is 6.32. The van der Waals surface area contributed by atoms with Crippen molar-refractivity contribution < 1.29 is 4.79 Å². The second-order valence-electron chi connectivity index (χ2n) is 4.86. The number of rotatable bonds is 6. The van der Waals surface area contributed by atoms with Crippen molar-refractivity contribution in [1.82, 2.24) is 5.32 Å². The molecule has 3 nitrogen and oxygen atoms in total. The standard InChI is InChI=1S/C17H20N2O.ClH/c18-16-11-9-14(10-12-16)7-4-8-17(20)19-13-15-5-2-1-3-6-15;/h1-3,5-6,9-12H,4,7-8,13,18H2,(H,19,20);1H. The van der Waals surface area contributed by atoms with E-state index in [2.05, 4.69) is 5.32 Å². The molecule has 0 aromatic heterocycles. The molecule has 2 rings (SSSR count). The molecule has 0 heterocycles. The van der Waals surface area contributed by atoms with Crippen LogP contribution in [0.25, 0.3) is 0 Å². The van der Waals surface area contributed by atoms with Crippen molar-refractivity contribution in [2.45, 2.75) is 25.8 Å². The molecule has 0 aliphatic heterocycles. The van der Waals surface area contributed by atoms with Crippen molar-refractivity contribution in [3.8, 4) is 0 Å². The van der Waals surface area contributed by atoms with Gasteiger partial charge in [0.2, 0.25) is 5.91 Å². The first-order valence-corrected chi connectivity index (χ1v) is 6.89. The zero-order chi connectivity index (χ0) is 14.2. The van der Waals surface area contributed by atoms with Gasteiger partial charge in [0.05, 0.1) is 0 Å². The van der Waals surface area contributed by atoms with Crippen LogP contribution >= 0.6 is 12.4 Å². The molecule has 2 aromatic carbocycles. The Balaban J connectivity index is 0.00000220. The number of carbonyl (C=O) groups is 1. The molecule has 0 aliphatic rings. The van der Waals surface area contributed by atoms with E-state index in [9.17, 15) is 4.79 Å². The summed E-state index contributed by atoms with van der Waals surface area (Å²) < 4.78 is 0. The number of hydrogen-bond acceptors (Lipinski definition) is 2. The maximum Gasteiger partial charge on any atom is 0.220 e. The van der Waals surface area contributed by atoms with Crippen LogP contribution in [0.3, 0.4) is 0 Å². The summed E-state index contributed by atoms with van der Waals surface area (Å²) in [6, 6.07) is 17.7. The molecular formula is C17H21ClN2O. The van der Waals surface area contributed by atoms with Gasteiger partial charge in [0.1, 0.15) is 0 Å². The number of nitrogens with one attached hydrogen (secondary N) is 1. The monoisotopic (exact) mass is 304 g/mol. The molecule has 112 valence electrons. The third-order valence-corrected chi connectivity index (χ3v) is 3.18. The number of benzene rings is 2. The predicted molar refractivity (Wildman–Crippen MR) is 89.3 cm³/mol. The Labute approximate surface area is 132 Å². The van der Waals surface area contributed by atoms with E-state index in [0.717, 1.165) is 24.1 Å². The highest BCUT2D eigenvalue weighted by molar-refractivity contribution is 5.85. The zero-order valence-corrected chi connectivity index (χ0v) is 12.7. The Bertz CT molecular complexity index is 540. The van der Waals surface area contributed by atoms with Gasteiger partial charge >= 0.3 is 0 Å². The quantitative estimate of drug-likeness (QED) is 0.804. The van der Waals surface area contributed by atoms with E-state index in [-0.39, 0.29) is 18.3 Å². The van der Waals surface area contributed by atoms with Crippen LogP contribution in [0.5, 0.6) is 0 Å². The summed E-state index contributed by atoms with van der Waals surface area (Å²) in [4.78, 5) is 11.7. The SMILES string of the molecule is Cl.Nc1ccc(CCCC(=O)NCc2ccccc2)cc1. The van der Waals surface area contributed by atoms with Gasteiger partial charge in [0.25, 0.3) is 0 Å². The molecule has 3 N–H and O–H groups in total. The average molecular weight is 305 g/mol. The molecule has 21 heavy (non-hydrogen) atoms. The van der Waals surface area contributed by atoms with Gasteiger partial charge in [-0.3, -0.25) is 4.79 Å². The smallest absolute Gasteiger partial charge is 0.220 e. The molecule has 0 saturated heterocycles. The average Bonchev–Trinajstić information content (AvgIpc) is 2.48. The van der Waals surface area contributed by atoms with Crippen LogP contribution in [0.15, 0.2) is 54.6 Å². The Morgan fingerprint density at radius 3 is 2.29 bits per heavy atom. The van der Waals surface area contributed by atoms with Crippen LogP contribution in [0, 0.1) is 0 Å². The van der Waals surface area contributed by atoms with E-state index in [1.54, 1.807) is 0 Å². The maximum absolute atomic E-state index is 11.7. The van der Waals surface area contributed by atoms with Crippen molar-refractivity contribution in [2.24, 2.45) is 0 Å². The number of nitrogen functional groups attached to an aromatic ring is 1. The summed E-state index contributed by atoms with van der Waals surface area (Å²) in [6.45, 7) is 0.599. The van der Waals surface area contributed by atoms with E-state index >= 15 is 0 Å². The largest absolute Gasteiger partial charge is 0.399 e. The third-order valence-electron chi connectivity index (χ3n) is 3.18. The lowest BCUT2D eigenvalue weighted by Crippen LogP contribution is -2.22. The molecule has 1 amide bonds. The molecular weight excluding hydrogens is 284 g/mol. The molecule has 0 saturated carbocycles. The van der Waals surface area contributed by atoms with Crippen molar-refractivity contribution >= 4 is 24.0 Å². The van der Waals surface area contributed by atoms with Crippen molar-refractivity contribution in [2.75, 3.05) is 5.73 Å². The lowest BCUT2D eigenvalue weighted by atomic mass is 10.1. The minimum absolute atomic E-state index is 0. The number of nitrogens with two attached hydrogens (primary N) is 1. The first-order valence-electron chi connectivity index (χ1n) is 6.89. The summed E-state index contributed by atoms with van der Waals surface area (Å²) in [5.74, 6) is 0.101. The van der Waals surface area contributed by atoms with Crippen LogP contribution in [0.4, 0.5) is 5.69 Å². The molecule has 0 bridgehead atoms. The van der Waals surface area contributed by atoms with Gasteiger partial charge in [-0.1, -0.05) is 42.5 Å². The van der Waals surface area contributed by atoms with Gasteiger partial charge in [0, 0.05) is 18.7 Å². The summed E-state index contributed by atoms with van der Waals surface area (Å²) in [6.07, 6.45) is 2.31. The van der Waals surface area contributed by atoms with E-state index < -0.39 is 0 Å². The van der Waals surface area contributed by atoms with E-state index in [4.69, 9.17) is 5.73 Å². The highest BCUT2D eigenvalue weighted by Gasteiger charge is 2.01. The van der Waals surface area contributed by atoms with Crippen LogP contribution in [0.1, 0.15) is 24.0 Å². The highest BCUT2D eigenvalue weighted by atomic mass is 35.5. The minimum atomic E-state index is 0. The summed E-state index contributed by atoms with van der Waals surface area (Å²) in [5, 5.41) is 2.94. The summed E-state index contributed by atoms with van der Waals surface area (Å²) >= 11 is 0. The summed E-state index contributed by atoms with van der Waals surface area (Å²) in [5.41, 5.74) is 8.75. The number of hydrogen-bond donors (Lipinski definition) is 2. The number of aryl methyl sites for hydroxylation is 1. The predicted octanol–water partition coefficient (Wildman–Crippen LogP) is 3.33. The number of carbonyl (C=O) groups excluding carboxylic acids is 1. The fraction of sp³-hybridized carbons (Fsp3) is 0.235. The summed E-state index contributed by atoms with van der Waals surface area (Å²) in [7, 11) is 0. The lowest BCUT2D eigenvalue weighted by Gasteiger charge is -2.05. The van der Waals surface area contributed by atoms with Gasteiger partial charge in [-0.05, 0) is 36.1 Å². The van der Waals surface area contributed by atoms with Crippen LogP contribution in [-0.4, -0.2) is 5.91 Å². The Morgan fingerprint density at radius 2 is 1.62 bits per heavy atom. The first kappa shape index (κ1) is 17.1. The lowest BCUT2D eigenvalue weighted by molar-refractivity contribution is -0.121. The number of amides is 1. The molecule has 0 aliphatic carbocycles. The van der Waals surface area contributed by atoms with Gasteiger partial charge in [0.15, 0.2) is 0 Å². The molecule has 0 unspecified atom stereocenters. The highest BCUT2D eigenvalue weighted by Crippen LogP contribution is 2.08. The number of halogens is 1. The topological polar surface area (TPSA) is 55.1 Å². The van der Waals surface area contributed by atoms with Gasteiger partial charge in [-0.2, -0.15) is 0 Å². The van der Waals surface area contributed by atoms with Crippen LogP contribution in [-0.2, 0) is 17.8 Å². The van der Waals surface area contributed by atoms with Crippen molar-refractivity contribution in [3.63, 3.8) is 0 Å². The van der Waals surface area contributed by atoms with Gasteiger partial charge in [-0.15, -0.1) is 12.4 Å². The first-order chi connectivity index (χ1) is 9.74. The Hall–Kier alpha value is -2.00. The Morgan fingerprint density at radius 1 is 0.952 bits per heavy atom. The molecule has 0 radical (unpaired) electrons. The van der Waals surface area contributed by atoms with Crippen molar-refractivity contribution in [3.05, 3.63) is 65.7 Å². The van der Waals surface area contributed by atoms with E-state index in [0.29, 0.717) is 13.0 Å². The van der Waals surface area contributed by atoms with Gasteiger partial charge in [-0.25, -0.2) is 0 Å². The molecule has 0 spiro atoms. The number of anilines is 1. The van der Waals surface area contributed by atoms with Crippen molar-refractivity contribution in [1.29, 1.82) is 0 Å². The van der Waals surface area contributed by atoms with Crippen LogP contribution < -0.4 is 11.1 Å². The molecule has 0 fully saturated rings. The fourth-order valence-electron chi connectivity index (χ4n) is 2.02. The second-order valence-corrected chi connectivity index (χ2v) is 4.86.